The summed E-state index contributed by atoms with van der Waals surface area (Å²) in [6.45, 7) is 0. The Hall–Kier alpha value is -0.0151. The Bertz CT molecular complexity index is 68.7. The summed E-state index contributed by atoms with van der Waals surface area (Å²) in [5.41, 5.74) is 0. The summed E-state index contributed by atoms with van der Waals surface area (Å²) in [6.07, 6.45) is 6.25. The molecule has 0 saturated heterocycles. The van der Waals surface area contributed by atoms with Crippen molar-refractivity contribution < 1.29 is 9.69 Å². The monoisotopic (exact) mass is 126 g/mol. The van der Waals surface area contributed by atoms with E-state index in [4.69, 9.17) is 12.9 Å². The van der Waals surface area contributed by atoms with Gasteiger partial charge in [-0.2, -0.15) is 0 Å². The fraction of sp³-hybridized carbons (Fsp3) is 1.00. The van der Waals surface area contributed by atoms with Crippen LogP contribution in [0.2, 0.25) is 0 Å². The highest BCUT2D eigenvalue weighted by Gasteiger charge is 2.13. The van der Waals surface area contributed by atoms with E-state index in [1.54, 1.807) is 0 Å². The zero-order chi connectivity index (χ0) is 6.53. The lowest BCUT2D eigenvalue weighted by Crippen LogP contribution is -2.15. The van der Waals surface area contributed by atoms with Crippen molar-refractivity contribution in [2.75, 3.05) is 0 Å². The highest BCUT2D eigenvalue weighted by Crippen LogP contribution is 2.19. The van der Waals surface area contributed by atoms with Crippen LogP contribution in [0.25, 0.3) is 0 Å². The lowest BCUT2D eigenvalue weighted by atomic mass is 9.98. The largest absolute Gasteiger partial charge is 0.338 e. The molecule has 0 amide bonds. The molecule has 0 aromatic carbocycles. The van der Waals surface area contributed by atoms with E-state index in [1.807, 2.05) is 0 Å². The van der Waals surface area contributed by atoms with E-state index >= 15 is 0 Å². The quantitative estimate of drug-likeness (QED) is 0.316. The second kappa shape index (κ2) is 3.91. The average Bonchev–Trinajstić information content (AvgIpc) is 1.91. The number of hydrogen-bond donors (Lipinski definition) is 0. The van der Waals surface area contributed by atoms with Crippen LogP contribution in [0.4, 0.5) is 0 Å². The molecule has 0 spiro atoms. The van der Waals surface area contributed by atoms with E-state index in [0.29, 0.717) is 0 Å². The second-order valence-electron chi connectivity index (χ2n) is 2.45. The molecule has 9 heavy (non-hydrogen) atoms. The standard InChI is InChI=1S/C6H11BO2/c7-9-8-6-4-2-1-3-5-6/h6H,1-5H2. The maximum Gasteiger partial charge on any atom is 0.338 e. The fourth-order valence-corrected chi connectivity index (χ4v) is 1.24. The molecule has 0 atom stereocenters. The van der Waals surface area contributed by atoms with Crippen molar-refractivity contribution >= 4 is 8.05 Å². The average molecular weight is 126 g/mol. The Kier molecular flexibility index (Phi) is 3.08. The van der Waals surface area contributed by atoms with Gasteiger partial charge in [0.15, 0.2) is 0 Å². The molecular weight excluding hydrogens is 115 g/mol. The van der Waals surface area contributed by atoms with E-state index < -0.39 is 0 Å². The highest BCUT2D eigenvalue weighted by molar-refractivity contribution is 5.97. The van der Waals surface area contributed by atoms with Gasteiger partial charge in [0, 0.05) is 0 Å². The molecule has 1 aliphatic carbocycles. The van der Waals surface area contributed by atoms with Gasteiger partial charge < -0.3 is 4.81 Å². The van der Waals surface area contributed by atoms with E-state index in [1.165, 1.54) is 19.3 Å². The van der Waals surface area contributed by atoms with Crippen LogP contribution in [0.1, 0.15) is 32.1 Å². The minimum atomic E-state index is 0.253. The molecule has 2 nitrogen and oxygen atoms in total. The second-order valence-corrected chi connectivity index (χ2v) is 2.45. The Labute approximate surface area is 56.9 Å². The maximum atomic E-state index is 4.76. The van der Waals surface area contributed by atoms with Gasteiger partial charge in [0.25, 0.3) is 0 Å². The van der Waals surface area contributed by atoms with Gasteiger partial charge in [-0.05, 0) is 12.8 Å². The van der Waals surface area contributed by atoms with Crippen LogP contribution in [-0.4, -0.2) is 14.2 Å². The van der Waals surface area contributed by atoms with Crippen molar-refractivity contribution in [1.29, 1.82) is 0 Å². The van der Waals surface area contributed by atoms with Gasteiger partial charge >= 0.3 is 8.05 Å². The van der Waals surface area contributed by atoms with Crippen molar-refractivity contribution in [3.63, 3.8) is 0 Å². The summed E-state index contributed by atoms with van der Waals surface area (Å²) in [5, 5.41) is 0. The smallest absolute Gasteiger partial charge is 0.318 e. The van der Waals surface area contributed by atoms with Crippen LogP contribution < -0.4 is 0 Å². The van der Waals surface area contributed by atoms with Crippen LogP contribution in [0.5, 0.6) is 0 Å². The number of hydrogen-bond acceptors (Lipinski definition) is 2. The molecule has 0 heterocycles. The first-order chi connectivity index (χ1) is 4.43. The molecular formula is C6H11BO2. The topological polar surface area (TPSA) is 18.5 Å². The molecule has 0 unspecified atom stereocenters. The minimum absolute atomic E-state index is 0.253. The maximum absolute atomic E-state index is 4.76. The SMILES string of the molecule is [B]OOC1CCCCC1. The fourth-order valence-electron chi connectivity index (χ4n) is 1.24. The van der Waals surface area contributed by atoms with Crippen molar-refractivity contribution in [2.45, 2.75) is 38.2 Å². The Morgan fingerprint density at radius 3 is 2.33 bits per heavy atom. The Balaban J connectivity index is 2.08. The van der Waals surface area contributed by atoms with Gasteiger partial charge in [0.2, 0.25) is 0 Å². The van der Waals surface area contributed by atoms with Crippen LogP contribution in [-0.2, 0) is 9.69 Å². The first kappa shape index (κ1) is 7.10. The first-order valence-electron chi connectivity index (χ1n) is 3.45. The highest BCUT2D eigenvalue weighted by atomic mass is 17.2. The molecule has 1 saturated carbocycles. The lowest BCUT2D eigenvalue weighted by Gasteiger charge is -2.19. The molecule has 1 rings (SSSR count). The van der Waals surface area contributed by atoms with E-state index in [-0.39, 0.29) is 6.10 Å². The molecule has 0 aromatic heterocycles. The molecule has 1 fully saturated rings. The van der Waals surface area contributed by atoms with Crippen LogP contribution >= 0.6 is 0 Å². The third-order valence-electron chi connectivity index (χ3n) is 1.74. The summed E-state index contributed by atoms with van der Waals surface area (Å²) in [6, 6.07) is 0. The Morgan fingerprint density at radius 2 is 1.78 bits per heavy atom. The molecule has 1 aliphatic rings. The molecule has 50 valence electrons. The van der Waals surface area contributed by atoms with Gasteiger partial charge in [-0.3, -0.25) is 4.89 Å². The summed E-state index contributed by atoms with van der Waals surface area (Å²) in [5.74, 6) is 0. The van der Waals surface area contributed by atoms with Gasteiger partial charge in [-0.25, -0.2) is 0 Å². The molecule has 2 radical (unpaired) electrons. The van der Waals surface area contributed by atoms with E-state index in [9.17, 15) is 0 Å². The van der Waals surface area contributed by atoms with Crippen molar-refractivity contribution in [2.24, 2.45) is 0 Å². The third kappa shape index (κ3) is 2.37. The Morgan fingerprint density at radius 1 is 1.11 bits per heavy atom. The van der Waals surface area contributed by atoms with Gasteiger partial charge in [0.1, 0.15) is 0 Å². The minimum Gasteiger partial charge on any atom is -0.318 e. The predicted octanol–water partition coefficient (Wildman–Crippen LogP) is 1.35. The van der Waals surface area contributed by atoms with Crippen LogP contribution in [0.3, 0.4) is 0 Å². The summed E-state index contributed by atoms with van der Waals surface area (Å²) in [4.78, 5) is 8.84. The normalized spacial score (nSPS) is 22.2. The lowest BCUT2D eigenvalue weighted by molar-refractivity contribution is -0.248. The summed E-state index contributed by atoms with van der Waals surface area (Å²) in [7, 11) is 4.74. The zero-order valence-corrected chi connectivity index (χ0v) is 5.51. The third-order valence-corrected chi connectivity index (χ3v) is 1.74. The van der Waals surface area contributed by atoms with Gasteiger partial charge in [-0.15, -0.1) is 0 Å². The van der Waals surface area contributed by atoms with Crippen LogP contribution in [0, 0.1) is 0 Å². The molecule has 0 N–H and O–H groups in total. The van der Waals surface area contributed by atoms with Gasteiger partial charge in [-0.1, -0.05) is 19.3 Å². The van der Waals surface area contributed by atoms with Crippen molar-refractivity contribution in [1.82, 2.24) is 0 Å². The molecule has 3 heteroatoms. The predicted molar refractivity (Wildman–Crippen MR) is 34.8 cm³/mol. The molecule has 0 aromatic rings. The molecule has 0 aliphatic heterocycles. The summed E-state index contributed by atoms with van der Waals surface area (Å²) < 4.78 is 0. The van der Waals surface area contributed by atoms with Crippen molar-refractivity contribution in [3.05, 3.63) is 0 Å². The summed E-state index contributed by atoms with van der Waals surface area (Å²) >= 11 is 0. The first-order valence-corrected chi connectivity index (χ1v) is 3.45. The van der Waals surface area contributed by atoms with Crippen LogP contribution in [0.15, 0.2) is 0 Å². The zero-order valence-electron chi connectivity index (χ0n) is 5.51. The van der Waals surface area contributed by atoms with Crippen molar-refractivity contribution in [3.8, 4) is 0 Å². The van der Waals surface area contributed by atoms with E-state index in [2.05, 4.69) is 4.81 Å². The molecule has 0 bridgehead atoms. The van der Waals surface area contributed by atoms with E-state index in [0.717, 1.165) is 12.8 Å². The van der Waals surface area contributed by atoms with Gasteiger partial charge in [0.05, 0.1) is 6.10 Å². The number of rotatable bonds is 2.